The zero-order chi connectivity index (χ0) is 20.7. The topological polar surface area (TPSA) is 57.7 Å². The molecule has 6 rings (SSSR count). The average molecular weight is 404 g/mol. The Kier molecular flexibility index (Phi) is 3.76. The summed E-state index contributed by atoms with van der Waals surface area (Å²) < 4.78 is 39.2. The van der Waals surface area contributed by atoms with Gasteiger partial charge in [-0.3, -0.25) is 24.2 Å². The van der Waals surface area contributed by atoms with E-state index >= 15 is 0 Å². The Hall–Kier alpha value is -2.64. The summed E-state index contributed by atoms with van der Waals surface area (Å²) in [6.45, 7) is 0.842. The van der Waals surface area contributed by atoms with Gasteiger partial charge in [0.2, 0.25) is 17.7 Å². The van der Waals surface area contributed by atoms with Crippen LogP contribution in [0.2, 0.25) is 0 Å². The molecule has 29 heavy (non-hydrogen) atoms. The molecule has 0 radical (unpaired) electrons. The van der Waals surface area contributed by atoms with Crippen molar-refractivity contribution in [2.24, 2.45) is 35.5 Å². The Labute approximate surface area is 165 Å². The van der Waals surface area contributed by atoms with Gasteiger partial charge >= 0.3 is 6.18 Å². The van der Waals surface area contributed by atoms with Crippen molar-refractivity contribution >= 4 is 23.4 Å². The molecule has 2 bridgehead atoms. The van der Waals surface area contributed by atoms with Crippen molar-refractivity contribution in [2.75, 3.05) is 11.6 Å². The molecule has 1 aliphatic heterocycles. The van der Waals surface area contributed by atoms with Crippen LogP contribution in [-0.4, -0.2) is 29.3 Å². The molecule has 0 aromatic heterocycles. The molecule has 0 N–H and O–H groups in total. The van der Waals surface area contributed by atoms with E-state index in [2.05, 4.69) is 0 Å². The lowest BCUT2D eigenvalue weighted by molar-refractivity contribution is -0.141. The van der Waals surface area contributed by atoms with Crippen molar-refractivity contribution in [1.29, 1.82) is 0 Å². The molecule has 1 aromatic rings. The second-order valence-corrected chi connectivity index (χ2v) is 8.40. The van der Waals surface area contributed by atoms with Crippen LogP contribution in [0.15, 0.2) is 36.4 Å². The van der Waals surface area contributed by atoms with Crippen LogP contribution in [0, 0.1) is 35.5 Å². The molecular formula is C21H19F3N2O3. The molecule has 0 unspecified atom stereocenters. The molecular weight excluding hydrogens is 385 g/mol. The number of halogens is 3. The lowest BCUT2D eigenvalue weighted by atomic mass is 9.63. The molecule has 8 heteroatoms. The van der Waals surface area contributed by atoms with Gasteiger partial charge in [-0.2, -0.15) is 13.2 Å². The van der Waals surface area contributed by atoms with Crippen molar-refractivity contribution in [3.05, 3.63) is 42.0 Å². The molecule has 1 heterocycles. The first-order chi connectivity index (χ1) is 13.7. The monoisotopic (exact) mass is 404 g/mol. The van der Waals surface area contributed by atoms with Gasteiger partial charge in [0, 0.05) is 12.6 Å². The van der Waals surface area contributed by atoms with Crippen LogP contribution in [0.5, 0.6) is 0 Å². The number of alkyl halides is 3. The van der Waals surface area contributed by atoms with Gasteiger partial charge in [-0.25, -0.2) is 0 Å². The molecule has 6 atom stereocenters. The zero-order valence-corrected chi connectivity index (χ0v) is 15.6. The smallest absolute Gasteiger partial charge is 0.294 e. The summed E-state index contributed by atoms with van der Waals surface area (Å²) in [5.41, 5.74) is -0.886. The predicted molar refractivity (Wildman–Crippen MR) is 96.0 cm³/mol. The maximum absolute atomic E-state index is 13.1. The lowest BCUT2D eigenvalue weighted by Crippen LogP contribution is -2.44. The third kappa shape index (κ3) is 2.64. The van der Waals surface area contributed by atoms with Gasteiger partial charge in [0.1, 0.15) is 6.67 Å². The van der Waals surface area contributed by atoms with Crippen molar-refractivity contribution in [1.82, 2.24) is 4.90 Å². The largest absolute Gasteiger partial charge is 0.416 e. The van der Waals surface area contributed by atoms with E-state index in [0.717, 1.165) is 28.4 Å². The molecule has 0 spiro atoms. The van der Waals surface area contributed by atoms with Crippen molar-refractivity contribution in [2.45, 2.75) is 19.5 Å². The van der Waals surface area contributed by atoms with Gasteiger partial charge in [0.05, 0.1) is 17.4 Å². The fraction of sp³-hybridized carbons (Fsp3) is 0.476. The number of anilines is 1. The maximum atomic E-state index is 13.1. The van der Waals surface area contributed by atoms with E-state index < -0.39 is 29.5 Å². The van der Waals surface area contributed by atoms with Crippen molar-refractivity contribution in [3.8, 4) is 0 Å². The van der Waals surface area contributed by atoms with Crippen LogP contribution in [0.25, 0.3) is 0 Å². The fourth-order valence-electron chi connectivity index (χ4n) is 5.51. The Morgan fingerprint density at radius 1 is 1.10 bits per heavy atom. The van der Waals surface area contributed by atoms with Crippen LogP contribution in [0.1, 0.15) is 18.9 Å². The molecule has 152 valence electrons. The Balaban J connectivity index is 1.44. The van der Waals surface area contributed by atoms with Gasteiger partial charge < -0.3 is 0 Å². The summed E-state index contributed by atoms with van der Waals surface area (Å²) in [6.07, 6.45) is 0.576. The third-order valence-corrected chi connectivity index (χ3v) is 6.90. The number of imide groups is 1. The number of carbonyl (C=O) groups excluding carboxylic acids is 3. The zero-order valence-electron chi connectivity index (χ0n) is 15.6. The van der Waals surface area contributed by atoms with Crippen LogP contribution in [-0.2, 0) is 20.6 Å². The van der Waals surface area contributed by atoms with E-state index in [4.69, 9.17) is 0 Å². The number of rotatable bonds is 3. The summed E-state index contributed by atoms with van der Waals surface area (Å²) in [7, 11) is 0. The standard InChI is InChI=1S/C21H19F3N2O3/c1-10(27)25(12-4-2-3-11(7-12)21(22,23)24)9-26-19(28)17-13-5-6-14(16-8-15(13)16)18(17)20(26)29/h2-7,13-18H,8-9H2,1H3/t13-,14-,15-,16-,17+,18+/m1/s1. The van der Waals surface area contributed by atoms with Gasteiger partial charge in [0.25, 0.3) is 0 Å². The molecule has 5 aliphatic rings. The van der Waals surface area contributed by atoms with E-state index in [1.165, 1.54) is 19.1 Å². The number of carbonyl (C=O) groups is 3. The van der Waals surface area contributed by atoms with E-state index in [-0.39, 0.29) is 36.0 Å². The normalized spacial score (nSPS) is 34.3. The third-order valence-electron chi connectivity index (χ3n) is 6.90. The Morgan fingerprint density at radius 3 is 2.21 bits per heavy atom. The minimum atomic E-state index is -4.56. The maximum Gasteiger partial charge on any atom is 0.416 e. The summed E-state index contributed by atoms with van der Waals surface area (Å²) >= 11 is 0. The molecule has 2 saturated carbocycles. The van der Waals surface area contributed by atoms with Gasteiger partial charge in [-0.05, 0) is 48.3 Å². The molecule has 3 fully saturated rings. The first kappa shape index (κ1) is 18.4. The number of hydrogen-bond donors (Lipinski definition) is 0. The van der Waals surface area contributed by atoms with Crippen molar-refractivity contribution in [3.63, 3.8) is 0 Å². The molecule has 1 aromatic carbocycles. The second kappa shape index (κ2) is 5.93. The van der Waals surface area contributed by atoms with Gasteiger partial charge in [0.15, 0.2) is 0 Å². The SMILES string of the molecule is CC(=O)N(CN1C(=O)[C@H]2[C@@H]3C=C[C@H]([C@H]4C[C@H]34)[C@@H]2C1=O)c1cccc(C(F)(F)F)c1. The highest BCUT2D eigenvalue weighted by molar-refractivity contribution is 6.07. The highest BCUT2D eigenvalue weighted by atomic mass is 19.4. The number of benzene rings is 1. The van der Waals surface area contributed by atoms with Crippen LogP contribution >= 0.6 is 0 Å². The Morgan fingerprint density at radius 2 is 1.69 bits per heavy atom. The summed E-state index contributed by atoms with van der Waals surface area (Å²) in [5, 5.41) is 0. The number of nitrogens with zero attached hydrogens (tertiary/aromatic N) is 2. The van der Waals surface area contributed by atoms with E-state index in [1.807, 2.05) is 12.2 Å². The van der Waals surface area contributed by atoms with E-state index in [9.17, 15) is 27.6 Å². The highest BCUT2D eigenvalue weighted by Gasteiger charge is 2.67. The van der Waals surface area contributed by atoms with Crippen LogP contribution < -0.4 is 4.90 Å². The Bertz CT molecular complexity index is 921. The fourth-order valence-corrected chi connectivity index (χ4v) is 5.51. The summed E-state index contributed by atoms with van der Waals surface area (Å²) in [4.78, 5) is 40.5. The van der Waals surface area contributed by atoms with Crippen LogP contribution in [0.3, 0.4) is 0 Å². The molecule has 5 nitrogen and oxygen atoms in total. The van der Waals surface area contributed by atoms with Gasteiger partial charge in [-0.15, -0.1) is 0 Å². The lowest BCUT2D eigenvalue weighted by Gasteiger charge is -2.37. The number of hydrogen-bond acceptors (Lipinski definition) is 3. The quantitative estimate of drug-likeness (QED) is 0.575. The van der Waals surface area contributed by atoms with Gasteiger partial charge in [-0.1, -0.05) is 18.2 Å². The summed E-state index contributed by atoms with van der Waals surface area (Å²) in [6, 6.07) is 4.35. The van der Waals surface area contributed by atoms with E-state index in [0.29, 0.717) is 11.8 Å². The first-order valence-corrected chi connectivity index (χ1v) is 9.67. The predicted octanol–water partition coefficient (Wildman–Crippen LogP) is 3.07. The van der Waals surface area contributed by atoms with E-state index in [1.54, 1.807) is 0 Å². The first-order valence-electron chi connectivity index (χ1n) is 9.67. The number of allylic oxidation sites excluding steroid dienone is 2. The number of likely N-dealkylation sites (tertiary alicyclic amines) is 1. The van der Waals surface area contributed by atoms with Crippen LogP contribution in [0.4, 0.5) is 18.9 Å². The molecule has 4 aliphatic carbocycles. The second-order valence-electron chi connectivity index (χ2n) is 8.40. The minimum absolute atomic E-state index is 0.00624. The minimum Gasteiger partial charge on any atom is -0.294 e. The number of amides is 3. The summed E-state index contributed by atoms with van der Waals surface area (Å²) in [5.74, 6) is -0.972. The molecule has 1 saturated heterocycles. The highest BCUT2D eigenvalue weighted by Crippen LogP contribution is 2.65. The average Bonchev–Trinajstić information content (AvgIpc) is 3.45. The van der Waals surface area contributed by atoms with Crippen molar-refractivity contribution < 1.29 is 27.6 Å². The molecule has 3 amide bonds.